The second kappa shape index (κ2) is 3.91. The first-order valence-electron chi connectivity index (χ1n) is 3.33. The van der Waals surface area contributed by atoms with E-state index in [1.807, 2.05) is 0 Å². The predicted octanol–water partition coefficient (Wildman–Crippen LogP) is 2.14. The first-order valence-corrected chi connectivity index (χ1v) is 4.41. The van der Waals surface area contributed by atoms with Gasteiger partial charge in [-0.3, -0.25) is 0 Å². The zero-order valence-corrected chi connectivity index (χ0v) is 8.83. The Balaban J connectivity index is 3.35. The fourth-order valence-corrected chi connectivity index (χ4v) is 1.77. The number of aromatic carboxylic acids is 1. The minimum atomic E-state index is -1.09. The highest BCUT2D eigenvalue weighted by Crippen LogP contribution is 2.27. The molecule has 3 nitrogen and oxygen atoms in total. The van der Waals surface area contributed by atoms with E-state index in [0.717, 1.165) is 6.07 Å². The minimum Gasteiger partial charge on any atom is -0.493 e. The molecule has 0 atom stereocenters. The van der Waals surface area contributed by atoms with Gasteiger partial charge in [0.2, 0.25) is 0 Å². The summed E-state index contributed by atoms with van der Waals surface area (Å²) < 4.78 is 18.0. The number of hydrogen-bond donors (Lipinski definition) is 1. The van der Waals surface area contributed by atoms with Crippen molar-refractivity contribution >= 4 is 28.6 Å². The highest BCUT2D eigenvalue weighted by atomic mass is 127. The third kappa shape index (κ3) is 1.90. The minimum absolute atomic E-state index is 0.0273. The average molecular weight is 296 g/mol. The molecule has 5 heteroatoms. The van der Waals surface area contributed by atoms with E-state index in [1.165, 1.54) is 13.2 Å². The summed E-state index contributed by atoms with van der Waals surface area (Å²) in [6.07, 6.45) is 0. The van der Waals surface area contributed by atoms with Crippen LogP contribution in [0.15, 0.2) is 12.1 Å². The predicted molar refractivity (Wildman–Crippen MR) is 52.6 cm³/mol. The van der Waals surface area contributed by atoms with E-state index in [2.05, 4.69) is 0 Å². The zero-order valence-electron chi connectivity index (χ0n) is 6.67. The van der Waals surface area contributed by atoms with Gasteiger partial charge in [-0.2, -0.15) is 0 Å². The molecule has 0 fully saturated rings. The lowest BCUT2D eigenvalue weighted by Crippen LogP contribution is -2.02. The summed E-state index contributed by atoms with van der Waals surface area (Å²) in [6, 6.07) is 2.28. The van der Waals surface area contributed by atoms with Crippen LogP contribution in [0.3, 0.4) is 0 Å². The normalized spacial score (nSPS) is 9.77. The third-order valence-corrected chi connectivity index (χ3v) is 2.55. The number of benzene rings is 1. The van der Waals surface area contributed by atoms with Crippen molar-refractivity contribution in [2.24, 2.45) is 0 Å². The van der Waals surface area contributed by atoms with Crippen LogP contribution in [-0.4, -0.2) is 18.2 Å². The van der Waals surface area contributed by atoms with E-state index < -0.39 is 11.8 Å². The van der Waals surface area contributed by atoms with Gasteiger partial charge in [0, 0.05) is 0 Å². The van der Waals surface area contributed by atoms with E-state index in [-0.39, 0.29) is 14.9 Å². The average Bonchev–Trinajstić information content (AvgIpc) is 2.04. The SMILES string of the molecule is COc1c(F)ccc(C(=O)O)c1I. The van der Waals surface area contributed by atoms with Gasteiger partial charge in [0.05, 0.1) is 16.2 Å². The van der Waals surface area contributed by atoms with Crippen molar-refractivity contribution in [3.05, 3.63) is 27.1 Å². The summed E-state index contributed by atoms with van der Waals surface area (Å²) in [4.78, 5) is 10.6. The fourth-order valence-electron chi connectivity index (χ4n) is 0.885. The van der Waals surface area contributed by atoms with Gasteiger partial charge >= 0.3 is 5.97 Å². The Hall–Kier alpha value is -0.850. The van der Waals surface area contributed by atoms with E-state index in [1.54, 1.807) is 22.6 Å². The molecule has 0 saturated carbocycles. The molecule has 0 bridgehead atoms. The van der Waals surface area contributed by atoms with Crippen LogP contribution in [0.1, 0.15) is 10.4 Å². The zero-order chi connectivity index (χ0) is 10.0. The number of carboxylic acids is 1. The van der Waals surface area contributed by atoms with Crippen LogP contribution in [0.2, 0.25) is 0 Å². The summed E-state index contributed by atoms with van der Waals surface area (Å²) in [5.74, 6) is -1.68. The smallest absolute Gasteiger partial charge is 0.336 e. The Bertz CT molecular complexity index is 351. The Labute approximate surface area is 87.7 Å². The van der Waals surface area contributed by atoms with Crippen molar-refractivity contribution in [1.29, 1.82) is 0 Å². The van der Waals surface area contributed by atoms with Crippen molar-refractivity contribution in [3.8, 4) is 5.75 Å². The van der Waals surface area contributed by atoms with Crippen molar-refractivity contribution in [2.75, 3.05) is 7.11 Å². The Morgan fingerprint density at radius 2 is 2.23 bits per heavy atom. The van der Waals surface area contributed by atoms with Gasteiger partial charge in [-0.1, -0.05) is 0 Å². The molecule has 0 unspecified atom stereocenters. The molecule has 0 saturated heterocycles. The van der Waals surface area contributed by atoms with E-state index >= 15 is 0 Å². The maximum absolute atomic E-state index is 13.0. The molecule has 1 aromatic rings. The van der Waals surface area contributed by atoms with Gasteiger partial charge in [-0.25, -0.2) is 9.18 Å². The van der Waals surface area contributed by atoms with Gasteiger partial charge in [-0.15, -0.1) is 0 Å². The van der Waals surface area contributed by atoms with Crippen LogP contribution in [0.4, 0.5) is 4.39 Å². The standard InChI is InChI=1S/C8H6FIO3/c1-13-7-5(9)3-2-4(6(7)10)8(11)12/h2-3H,1H3,(H,11,12). The molecule has 1 N–H and O–H groups in total. The van der Waals surface area contributed by atoms with Crippen molar-refractivity contribution in [2.45, 2.75) is 0 Å². The number of ether oxygens (including phenoxy) is 1. The molecular weight excluding hydrogens is 290 g/mol. The second-order valence-corrected chi connectivity index (χ2v) is 3.33. The van der Waals surface area contributed by atoms with Crippen LogP contribution in [-0.2, 0) is 0 Å². The van der Waals surface area contributed by atoms with Gasteiger partial charge in [0.1, 0.15) is 0 Å². The molecule has 0 spiro atoms. The molecule has 0 amide bonds. The van der Waals surface area contributed by atoms with Crippen LogP contribution in [0.5, 0.6) is 5.75 Å². The summed E-state index contributed by atoms with van der Waals surface area (Å²) in [5.41, 5.74) is 0.0406. The molecular formula is C8H6FIO3. The number of halogens is 2. The van der Waals surface area contributed by atoms with Crippen LogP contribution in [0, 0.1) is 9.39 Å². The van der Waals surface area contributed by atoms with Crippen molar-refractivity contribution in [1.82, 2.24) is 0 Å². The number of rotatable bonds is 2. The molecule has 1 aromatic carbocycles. The third-order valence-electron chi connectivity index (χ3n) is 1.48. The van der Waals surface area contributed by atoms with Gasteiger partial charge in [-0.05, 0) is 34.7 Å². The van der Waals surface area contributed by atoms with Crippen molar-refractivity contribution in [3.63, 3.8) is 0 Å². The molecule has 1 rings (SSSR count). The van der Waals surface area contributed by atoms with E-state index in [0.29, 0.717) is 0 Å². The monoisotopic (exact) mass is 296 g/mol. The van der Waals surface area contributed by atoms with E-state index in [9.17, 15) is 9.18 Å². The Kier molecular flexibility index (Phi) is 3.07. The molecule has 0 aliphatic heterocycles. The Morgan fingerprint density at radius 1 is 1.62 bits per heavy atom. The second-order valence-electron chi connectivity index (χ2n) is 2.25. The highest BCUT2D eigenvalue weighted by Gasteiger charge is 2.15. The first-order chi connectivity index (χ1) is 6.07. The maximum atomic E-state index is 13.0. The Morgan fingerprint density at radius 3 is 2.69 bits per heavy atom. The summed E-state index contributed by atoms with van der Waals surface area (Å²) in [6.45, 7) is 0. The quantitative estimate of drug-likeness (QED) is 0.851. The number of hydrogen-bond acceptors (Lipinski definition) is 2. The molecule has 13 heavy (non-hydrogen) atoms. The lowest BCUT2D eigenvalue weighted by Gasteiger charge is -2.06. The van der Waals surface area contributed by atoms with Gasteiger partial charge in [0.25, 0.3) is 0 Å². The lowest BCUT2D eigenvalue weighted by molar-refractivity contribution is 0.0695. The summed E-state index contributed by atoms with van der Waals surface area (Å²) in [5, 5.41) is 8.69. The van der Waals surface area contributed by atoms with Gasteiger partial charge < -0.3 is 9.84 Å². The topological polar surface area (TPSA) is 46.5 Å². The number of carbonyl (C=O) groups is 1. The van der Waals surface area contributed by atoms with Crippen molar-refractivity contribution < 1.29 is 19.0 Å². The number of methoxy groups -OCH3 is 1. The largest absolute Gasteiger partial charge is 0.493 e. The van der Waals surface area contributed by atoms with Crippen LogP contribution < -0.4 is 4.74 Å². The first kappa shape index (κ1) is 10.2. The molecule has 0 radical (unpaired) electrons. The highest BCUT2D eigenvalue weighted by molar-refractivity contribution is 14.1. The molecule has 70 valence electrons. The molecule has 0 aliphatic rings. The van der Waals surface area contributed by atoms with E-state index in [4.69, 9.17) is 9.84 Å². The summed E-state index contributed by atoms with van der Waals surface area (Å²) in [7, 11) is 1.30. The summed E-state index contributed by atoms with van der Waals surface area (Å²) >= 11 is 1.74. The fraction of sp³-hybridized carbons (Fsp3) is 0.125. The molecule has 0 heterocycles. The lowest BCUT2D eigenvalue weighted by atomic mass is 10.2. The molecule has 0 aliphatic carbocycles. The maximum Gasteiger partial charge on any atom is 0.336 e. The number of carboxylic acid groups (broad SMARTS) is 1. The van der Waals surface area contributed by atoms with Crippen LogP contribution in [0.25, 0.3) is 0 Å². The molecule has 0 aromatic heterocycles. The van der Waals surface area contributed by atoms with Crippen LogP contribution >= 0.6 is 22.6 Å². The van der Waals surface area contributed by atoms with Gasteiger partial charge in [0.15, 0.2) is 11.6 Å².